The molecule has 0 aliphatic rings. The Labute approximate surface area is 214 Å². The molecule has 0 aromatic rings. The molecule has 0 aromatic carbocycles. The molecular weight excluding hydrogens is 423 g/mol. The maximum atomic E-state index is 12.1. The second-order valence-electron chi connectivity index (χ2n) is 8.59. The van der Waals surface area contributed by atoms with Gasteiger partial charge in [0.1, 0.15) is 15.4 Å². The average molecular weight is 471 g/mol. The largest absolute Gasteiger partial charge is 1.00 e. The van der Waals surface area contributed by atoms with E-state index in [2.05, 4.69) is 13.8 Å². The Morgan fingerprint density at radius 1 is 0.677 bits per heavy atom. The molecular formula is C24H47NaO5S. The van der Waals surface area contributed by atoms with Gasteiger partial charge in [0.05, 0.1) is 6.61 Å². The number of hydrogen-bond donors (Lipinski definition) is 0. The van der Waals surface area contributed by atoms with Crippen LogP contribution in [0, 0.1) is 0 Å². The Bertz CT molecular complexity index is 496. The van der Waals surface area contributed by atoms with Crippen molar-refractivity contribution in [2.45, 2.75) is 141 Å². The van der Waals surface area contributed by atoms with Gasteiger partial charge in [0, 0.05) is 0 Å². The van der Waals surface area contributed by atoms with E-state index in [1.807, 2.05) is 0 Å². The van der Waals surface area contributed by atoms with E-state index in [0.717, 1.165) is 38.5 Å². The maximum absolute atomic E-state index is 12.1. The van der Waals surface area contributed by atoms with E-state index < -0.39 is 21.3 Å². The predicted octanol–water partition coefficient (Wildman–Crippen LogP) is 3.90. The summed E-state index contributed by atoms with van der Waals surface area (Å²) in [6, 6.07) is 0. The van der Waals surface area contributed by atoms with Crippen LogP contribution in [0.25, 0.3) is 0 Å². The summed E-state index contributed by atoms with van der Waals surface area (Å²) in [4.78, 5) is 12.1. The Morgan fingerprint density at radius 3 is 1.42 bits per heavy atom. The molecule has 0 saturated carbocycles. The molecule has 0 bridgehead atoms. The maximum Gasteiger partial charge on any atom is 1.00 e. The number of esters is 1. The van der Waals surface area contributed by atoms with Gasteiger partial charge in [0.25, 0.3) is 0 Å². The van der Waals surface area contributed by atoms with Crippen LogP contribution >= 0.6 is 0 Å². The molecule has 1 atom stereocenters. The van der Waals surface area contributed by atoms with E-state index in [4.69, 9.17) is 4.74 Å². The van der Waals surface area contributed by atoms with E-state index in [-0.39, 0.29) is 42.6 Å². The fraction of sp³-hybridized carbons (Fsp3) is 0.958. The van der Waals surface area contributed by atoms with Crippen molar-refractivity contribution in [1.29, 1.82) is 0 Å². The van der Waals surface area contributed by atoms with Crippen LogP contribution in [-0.2, 0) is 19.6 Å². The van der Waals surface area contributed by atoms with Gasteiger partial charge in [-0.15, -0.1) is 0 Å². The first-order valence-electron chi connectivity index (χ1n) is 12.5. The average Bonchev–Trinajstić information content (AvgIpc) is 2.69. The van der Waals surface area contributed by atoms with Crippen molar-refractivity contribution in [1.82, 2.24) is 0 Å². The van der Waals surface area contributed by atoms with Crippen molar-refractivity contribution in [2.24, 2.45) is 0 Å². The zero-order chi connectivity index (χ0) is 22.5. The predicted molar refractivity (Wildman–Crippen MR) is 124 cm³/mol. The molecule has 0 rings (SSSR count). The molecule has 0 radical (unpaired) electrons. The van der Waals surface area contributed by atoms with E-state index in [1.54, 1.807) is 0 Å². The first kappa shape index (κ1) is 33.6. The van der Waals surface area contributed by atoms with Crippen LogP contribution < -0.4 is 29.6 Å². The molecule has 0 amide bonds. The summed E-state index contributed by atoms with van der Waals surface area (Å²) in [6.45, 7) is 4.61. The zero-order valence-electron chi connectivity index (χ0n) is 20.7. The number of rotatable bonds is 22. The van der Waals surface area contributed by atoms with Crippen molar-refractivity contribution in [3.05, 3.63) is 0 Å². The third kappa shape index (κ3) is 22.0. The molecule has 180 valence electrons. The van der Waals surface area contributed by atoms with Gasteiger partial charge < -0.3 is 9.29 Å². The van der Waals surface area contributed by atoms with Gasteiger partial charge in [-0.25, -0.2) is 8.42 Å². The molecule has 0 N–H and O–H groups in total. The second kappa shape index (κ2) is 23.5. The summed E-state index contributed by atoms with van der Waals surface area (Å²) in [6.07, 6.45) is 20.3. The van der Waals surface area contributed by atoms with Crippen molar-refractivity contribution < 1.29 is 52.1 Å². The first-order chi connectivity index (χ1) is 14.4. The molecule has 0 spiro atoms. The minimum atomic E-state index is -4.66. The fourth-order valence-electron chi connectivity index (χ4n) is 3.70. The SMILES string of the molecule is CCCCCCCCCCCCC(C(=O)OCCCCCCCCCC)S(=O)(=O)[O-].[Na+]. The standard InChI is InChI=1S/C24H48O5S.Na/c1-3-5-7-9-11-13-14-15-17-19-21-23(30(26,27)28)24(25)29-22-20-18-16-12-10-8-6-4-2;/h23H,3-22H2,1-2H3,(H,26,27,28);/q;+1/p-1. The van der Waals surface area contributed by atoms with Gasteiger partial charge in [0.2, 0.25) is 0 Å². The topological polar surface area (TPSA) is 83.5 Å². The third-order valence-electron chi connectivity index (χ3n) is 5.67. The van der Waals surface area contributed by atoms with E-state index in [9.17, 15) is 17.8 Å². The van der Waals surface area contributed by atoms with Crippen molar-refractivity contribution in [2.75, 3.05) is 6.61 Å². The molecule has 0 fully saturated rings. The number of carbonyl (C=O) groups excluding carboxylic acids is 1. The van der Waals surface area contributed by atoms with Crippen LogP contribution in [0.4, 0.5) is 0 Å². The van der Waals surface area contributed by atoms with Gasteiger partial charge in [0.15, 0.2) is 0 Å². The molecule has 31 heavy (non-hydrogen) atoms. The second-order valence-corrected chi connectivity index (χ2v) is 10.1. The summed E-state index contributed by atoms with van der Waals surface area (Å²) in [5.41, 5.74) is 0. The fourth-order valence-corrected chi connectivity index (χ4v) is 4.46. The monoisotopic (exact) mass is 470 g/mol. The molecule has 7 heteroatoms. The molecule has 0 aliphatic carbocycles. The van der Waals surface area contributed by atoms with E-state index in [1.165, 1.54) is 70.6 Å². The van der Waals surface area contributed by atoms with Crippen molar-refractivity contribution in [3.8, 4) is 0 Å². The van der Waals surface area contributed by atoms with Gasteiger partial charge in [-0.3, -0.25) is 4.79 Å². The molecule has 0 aromatic heterocycles. The number of unbranched alkanes of at least 4 members (excludes halogenated alkanes) is 16. The first-order valence-corrected chi connectivity index (χ1v) is 14.0. The number of ether oxygens (including phenoxy) is 1. The van der Waals surface area contributed by atoms with Gasteiger partial charge in [-0.05, 0) is 12.8 Å². The summed E-state index contributed by atoms with van der Waals surface area (Å²) in [7, 11) is -4.66. The van der Waals surface area contributed by atoms with Crippen LogP contribution in [0.3, 0.4) is 0 Å². The summed E-state index contributed by atoms with van der Waals surface area (Å²) in [5.74, 6) is -0.858. The summed E-state index contributed by atoms with van der Waals surface area (Å²) in [5, 5.41) is -1.54. The quantitative estimate of drug-likeness (QED) is 0.104. The Hall–Kier alpha value is 0.380. The minimum absolute atomic E-state index is 0. The van der Waals surface area contributed by atoms with Crippen molar-refractivity contribution >= 4 is 16.1 Å². The van der Waals surface area contributed by atoms with Crippen LogP contribution in [-0.4, -0.2) is 30.8 Å². The van der Waals surface area contributed by atoms with E-state index in [0.29, 0.717) is 6.42 Å². The molecule has 1 unspecified atom stereocenters. The van der Waals surface area contributed by atoms with Crippen LogP contribution in [0.1, 0.15) is 136 Å². The van der Waals surface area contributed by atoms with Crippen LogP contribution in [0.15, 0.2) is 0 Å². The minimum Gasteiger partial charge on any atom is -0.747 e. The zero-order valence-corrected chi connectivity index (χ0v) is 23.5. The van der Waals surface area contributed by atoms with Gasteiger partial charge in [-0.1, -0.05) is 123 Å². The smallest absolute Gasteiger partial charge is 0.747 e. The Balaban J connectivity index is 0. The summed E-state index contributed by atoms with van der Waals surface area (Å²) < 4.78 is 39.5. The number of carbonyl (C=O) groups is 1. The van der Waals surface area contributed by atoms with Gasteiger partial charge in [-0.2, -0.15) is 0 Å². The Morgan fingerprint density at radius 2 is 1.03 bits per heavy atom. The van der Waals surface area contributed by atoms with E-state index >= 15 is 0 Å². The Kier molecular flexibility index (Phi) is 25.5. The van der Waals surface area contributed by atoms with Gasteiger partial charge >= 0.3 is 35.5 Å². The molecule has 0 heterocycles. The molecule has 0 aliphatic heterocycles. The molecule has 0 saturated heterocycles. The third-order valence-corrected chi connectivity index (χ3v) is 6.80. The van der Waals surface area contributed by atoms with Crippen LogP contribution in [0.5, 0.6) is 0 Å². The number of hydrogen-bond acceptors (Lipinski definition) is 5. The van der Waals surface area contributed by atoms with Crippen LogP contribution in [0.2, 0.25) is 0 Å². The normalized spacial score (nSPS) is 12.4. The molecule has 5 nitrogen and oxygen atoms in total. The van der Waals surface area contributed by atoms with Crippen molar-refractivity contribution in [3.63, 3.8) is 0 Å². The summed E-state index contributed by atoms with van der Waals surface area (Å²) >= 11 is 0.